The molecule has 28 heavy (non-hydrogen) atoms. The quantitative estimate of drug-likeness (QED) is 0.360. The first kappa shape index (κ1) is 20.7. The van der Waals surface area contributed by atoms with Crippen molar-refractivity contribution in [2.24, 2.45) is 0 Å². The van der Waals surface area contributed by atoms with E-state index in [4.69, 9.17) is 11.6 Å². The molecule has 0 saturated heterocycles. The van der Waals surface area contributed by atoms with Gasteiger partial charge in [-0.15, -0.1) is 10.2 Å². The zero-order valence-electron chi connectivity index (χ0n) is 14.7. The first-order valence-electron chi connectivity index (χ1n) is 8.43. The van der Waals surface area contributed by atoms with Gasteiger partial charge in [0, 0.05) is 11.3 Å². The Kier molecular flexibility index (Phi) is 6.98. The zero-order chi connectivity index (χ0) is 20.0. The smallest absolute Gasteiger partial charge is 0.371 e. The molecule has 148 valence electrons. The van der Waals surface area contributed by atoms with Crippen LogP contribution < -0.4 is 0 Å². The first-order valence-corrected chi connectivity index (χ1v) is 9.80. The van der Waals surface area contributed by atoms with Gasteiger partial charge in [0.15, 0.2) is 11.0 Å². The minimum Gasteiger partial charge on any atom is -0.371 e. The van der Waals surface area contributed by atoms with Crippen molar-refractivity contribution >= 4 is 23.4 Å². The average molecular weight is 428 g/mol. The van der Waals surface area contributed by atoms with E-state index in [9.17, 15) is 13.2 Å². The van der Waals surface area contributed by atoms with Gasteiger partial charge in [0.25, 0.3) is 0 Å². The lowest BCUT2D eigenvalue weighted by atomic mass is 10.2. The van der Waals surface area contributed by atoms with Gasteiger partial charge in [0.05, 0.1) is 18.2 Å². The Morgan fingerprint density at radius 2 is 1.71 bits per heavy atom. The number of aromatic nitrogens is 3. The van der Waals surface area contributed by atoms with Crippen molar-refractivity contribution in [1.29, 1.82) is 0 Å². The Morgan fingerprint density at radius 1 is 1.00 bits per heavy atom. The van der Waals surface area contributed by atoms with Crippen LogP contribution in [0.25, 0.3) is 11.4 Å². The Bertz CT molecular complexity index is 903. The van der Waals surface area contributed by atoms with Crippen LogP contribution >= 0.6 is 23.4 Å². The van der Waals surface area contributed by atoms with E-state index in [1.807, 2.05) is 53.1 Å². The monoisotopic (exact) mass is 427 g/mol. The van der Waals surface area contributed by atoms with E-state index in [-0.39, 0.29) is 6.61 Å². The summed E-state index contributed by atoms with van der Waals surface area (Å²) in [6.45, 7) is -0.779. The van der Waals surface area contributed by atoms with Gasteiger partial charge in [-0.3, -0.25) is 4.57 Å². The number of nitrogens with zero attached hydrogens (tertiary/aromatic N) is 3. The standard InChI is InChI=1S/C19H17ClF3N3OS/c20-16-9-5-4-8-15(16)17-24-25-18(28-11-10-27-13-19(21,22)23)26(17)12-14-6-2-1-3-7-14/h1-9H,10-13H2. The topological polar surface area (TPSA) is 39.9 Å². The molecular formula is C19H17ClF3N3OS. The molecule has 0 bridgehead atoms. The van der Waals surface area contributed by atoms with Crippen molar-refractivity contribution in [2.45, 2.75) is 17.9 Å². The van der Waals surface area contributed by atoms with Crippen molar-refractivity contribution in [3.05, 3.63) is 65.2 Å². The van der Waals surface area contributed by atoms with Crippen molar-refractivity contribution in [2.75, 3.05) is 19.0 Å². The summed E-state index contributed by atoms with van der Waals surface area (Å²) in [5.74, 6) is 0.930. The average Bonchev–Trinajstić information content (AvgIpc) is 3.04. The second-order valence-corrected chi connectivity index (χ2v) is 7.34. The van der Waals surface area contributed by atoms with E-state index in [0.29, 0.717) is 28.3 Å². The third-order valence-electron chi connectivity index (χ3n) is 3.74. The minimum absolute atomic E-state index is 0.0379. The van der Waals surface area contributed by atoms with Crippen molar-refractivity contribution in [3.8, 4) is 11.4 Å². The normalized spacial score (nSPS) is 11.7. The molecule has 0 N–H and O–H groups in total. The summed E-state index contributed by atoms with van der Waals surface area (Å²) in [5.41, 5.74) is 1.79. The molecule has 0 amide bonds. The van der Waals surface area contributed by atoms with E-state index >= 15 is 0 Å². The van der Waals surface area contributed by atoms with Crippen LogP contribution in [0.15, 0.2) is 59.8 Å². The summed E-state index contributed by atoms with van der Waals surface area (Å²) in [6, 6.07) is 17.1. The Morgan fingerprint density at radius 3 is 2.43 bits per heavy atom. The van der Waals surface area contributed by atoms with Crippen LogP contribution in [0.1, 0.15) is 5.56 Å². The van der Waals surface area contributed by atoms with Gasteiger partial charge in [0.1, 0.15) is 6.61 Å². The van der Waals surface area contributed by atoms with Crippen LogP contribution in [0.3, 0.4) is 0 Å². The SMILES string of the molecule is FC(F)(F)COCCSc1nnc(-c2ccccc2Cl)n1Cc1ccccc1. The van der Waals surface area contributed by atoms with E-state index in [1.54, 1.807) is 6.07 Å². The third-order valence-corrected chi connectivity index (χ3v) is 5.00. The van der Waals surface area contributed by atoms with Gasteiger partial charge in [-0.1, -0.05) is 65.8 Å². The van der Waals surface area contributed by atoms with E-state index in [0.717, 1.165) is 11.1 Å². The fourth-order valence-corrected chi connectivity index (χ4v) is 3.54. The van der Waals surface area contributed by atoms with Crippen LogP contribution in [-0.2, 0) is 11.3 Å². The first-order chi connectivity index (χ1) is 13.4. The molecule has 0 saturated carbocycles. The highest BCUT2D eigenvalue weighted by Crippen LogP contribution is 2.30. The van der Waals surface area contributed by atoms with Gasteiger partial charge < -0.3 is 4.74 Å². The predicted molar refractivity (Wildman–Crippen MR) is 104 cm³/mol. The molecule has 0 aliphatic heterocycles. The fraction of sp³-hybridized carbons (Fsp3) is 0.263. The van der Waals surface area contributed by atoms with Crippen molar-refractivity contribution in [1.82, 2.24) is 14.8 Å². The lowest BCUT2D eigenvalue weighted by Crippen LogP contribution is -2.18. The maximum atomic E-state index is 12.2. The molecule has 9 heteroatoms. The molecule has 3 rings (SSSR count). The van der Waals surface area contributed by atoms with Crippen LogP contribution in [0, 0.1) is 0 Å². The maximum Gasteiger partial charge on any atom is 0.411 e. The summed E-state index contributed by atoms with van der Waals surface area (Å²) in [4.78, 5) is 0. The summed E-state index contributed by atoms with van der Waals surface area (Å²) in [5, 5.41) is 9.63. The van der Waals surface area contributed by atoms with Gasteiger partial charge in [-0.25, -0.2) is 0 Å². The van der Waals surface area contributed by atoms with Crippen molar-refractivity contribution in [3.63, 3.8) is 0 Å². The molecule has 0 radical (unpaired) electrons. The van der Waals surface area contributed by atoms with E-state index < -0.39 is 12.8 Å². The molecule has 2 aromatic carbocycles. The molecule has 0 atom stereocenters. The molecule has 1 heterocycles. The molecule has 0 unspecified atom stereocenters. The molecule has 3 aromatic rings. The van der Waals surface area contributed by atoms with Crippen LogP contribution in [0.2, 0.25) is 5.02 Å². The van der Waals surface area contributed by atoms with Crippen LogP contribution in [0.5, 0.6) is 0 Å². The maximum absolute atomic E-state index is 12.2. The number of hydrogen-bond acceptors (Lipinski definition) is 4. The van der Waals surface area contributed by atoms with Crippen LogP contribution in [-0.4, -0.2) is 39.9 Å². The molecule has 1 aromatic heterocycles. The molecule has 0 fully saturated rings. The number of halogens is 4. The largest absolute Gasteiger partial charge is 0.411 e. The Hall–Kier alpha value is -2.03. The number of benzene rings is 2. The van der Waals surface area contributed by atoms with Crippen LogP contribution in [0.4, 0.5) is 13.2 Å². The number of alkyl halides is 3. The van der Waals surface area contributed by atoms with Gasteiger partial charge in [-0.2, -0.15) is 13.2 Å². The summed E-state index contributed by atoms with van der Waals surface area (Å²) in [7, 11) is 0. The van der Waals surface area contributed by atoms with E-state index in [2.05, 4.69) is 14.9 Å². The number of rotatable bonds is 8. The second kappa shape index (κ2) is 9.45. The Labute approximate surface area is 169 Å². The summed E-state index contributed by atoms with van der Waals surface area (Å²) < 4.78 is 43.1. The fourth-order valence-electron chi connectivity index (χ4n) is 2.53. The molecule has 4 nitrogen and oxygen atoms in total. The molecule has 0 aliphatic carbocycles. The van der Waals surface area contributed by atoms with Gasteiger partial charge in [0.2, 0.25) is 0 Å². The predicted octanol–water partition coefficient (Wildman–Crippen LogP) is 5.32. The third kappa shape index (κ3) is 5.73. The lowest BCUT2D eigenvalue weighted by Gasteiger charge is -2.11. The number of hydrogen-bond donors (Lipinski definition) is 0. The zero-order valence-corrected chi connectivity index (χ0v) is 16.3. The Balaban J connectivity index is 1.79. The van der Waals surface area contributed by atoms with Gasteiger partial charge >= 0.3 is 6.18 Å². The molecule has 0 aliphatic rings. The van der Waals surface area contributed by atoms with E-state index in [1.165, 1.54) is 11.8 Å². The van der Waals surface area contributed by atoms with Crippen molar-refractivity contribution < 1.29 is 17.9 Å². The van der Waals surface area contributed by atoms with Gasteiger partial charge in [-0.05, 0) is 17.7 Å². The number of ether oxygens (including phenoxy) is 1. The highest BCUT2D eigenvalue weighted by molar-refractivity contribution is 7.99. The lowest BCUT2D eigenvalue weighted by molar-refractivity contribution is -0.172. The molecular weight excluding hydrogens is 411 g/mol. The number of thioether (sulfide) groups is 1. The highest BCUT2D eigenvalue weighted by Gasteiger charge is 2.27. The molecule has 0 spiro atoms. The minimum atomic E-state index is -4.32. The summed E-state index contributed by atoms with van der Waals surface area (Å²) >= 11 is 7.61. The second-order valence-electron chi connectivity index (χ2n) is 5.87. The summed E-state index contributed by atoms with van der Waals surface area (Å²) in [6.07, 6.45) is -4.32. The highest BCUT2D eigenvalue weighted by atomic mass is 35.5.